The van der Waals surface area contributed by atoms with Crippen molar-refractivity contribution in [3.8, 4) is 0 Å². The van der Waals surface area contributed by atoms with Crippen LogP contribution in [0.3, 0.4) is 0 Å². The van der Waals surface area contributed by atoms with Crippen LogP contribution in [-0.2, 0) is 14.3 Å². The first-order valence-corrected chi connectivity index (χ1v) is 7.33. The minimum Gasteiger partial charge on any atom is -0.460 e. The van der Waals surface area contributed by atoms with Crippen molar-refractivity contribution in [3.05, 3.63) is 0 Å². The van der Waals surface area contributed by atoms with Gasteiger partial charge in [-0.05, 0) is 46.0 Å². The summed E-state index contributed by atoms with van der Waals surface area (Å²) in [5.74, 6) is 0.655. The normalized spacial score (nSPS) is 29.1. The Morgan fingerprint density at radius 3 is 2.50 bits per heavy atom. The van der Waals surface area contributed by atoms with E-state index in [1.165, 1.54) is 32.1 Å². The van der Waals surface area contributed by atoms with Crippen LogP contribution in [0.2, 0.25) is 0 Å². The third kappa shape index (κ3) is 4.27. The molecule has 0 N–H and O–H groups in total. The van der Waals surface area contributed by atoms with Gasteiger partial charge in [0, 0.05) is 6.42 Å². The van der Waals surface area contributed by atoms with Crippen LogP contribution in [-0.4, -0.2) is 23.8 Å². The summed E-state index contributed by atoms with van der Waals surface area (Å²) in [5, 5.41) is 0. The molecule has 0 aromatic heterocycles. The molecule has 1 saturated heterocycles. The van der Waals surface area contributed by atoms with Crippen LogP contribution in [0.15, 0.2) is 0 Å². The fourth-order valence-electron chi connectivity index (χ4n) is 2.92. The van der Waals surface area contributed by atoms with Crippen molar-refractivity contribution in [2.24, 2.45) is 5.92 Å². The van der Waals surface area contributed by atoms with Crippen LogP contribution in [0.5, 0.6) is 0 Å². The molecule has 2 aliphatic rings. The van der Waals surface area contributed by atoms with E-state index in [1.54, 1.807) is 0 Å². The molecule has 0 amide bonds. The summed E-state index contributed by atoms with van der Waals surface area (Å²) in [5.41, 5.74) is -0.371. The maximum Gasteiger partial charge on any atom is 0.306 e. The fourth-order valence-corrected chi connectivity index (χ4v) is 2.92. The zero-order valence-corrected chi connectivity index (χ0v) is 11.9. The van der Waals surface area contributed by atoms with Crippen LogP contribution in [0.1, 0.15) is 65.7 Å². The van der Waals surface area contributed by atoms with E-state index >= 15 is 0 Å². The second-order valence-corrected chi connectivity index (χ2v) is 6.66. The van der Waals surface area contributed by atoms with Crippen LogP contribution in [0.4, 0.5) is 0 Å². The molecule has 18 heavy (non-hydrogen) atoms. The van der Waals surface area contributed by atoms with Gasteiger partial charge in [-0.2, -0.15) is 0 Å². The Labute approximate surface area is 110 Å². The van der Waals surface area contributed by atoms with Crippen LogP contribution < -0.4 is 0 Å². The molecule has 0 spiro atoms. The van der Waals surface area contributed by atoms with Gasteiger partial charge in [0.25, 0.3) is 0 Å². The average Bonchev–Trinajstić information content (AvgIpc) is 3.05. The molecule has 0 bridgehead atoms. The van der Waals surface area contributed by atoms with Crippen molar-refractivity contribution >= 4 is 5.97 Å². The summed E-state index contributed by atoms with van der Waals surface area (Å²) in [6, 6.07) is 0. The minimum absolute atomic E-state index is 0.0969. The number of rotatable bonds is 4. The number of carbonyl (C=O) groups excluding carboxylic acids is 1. The Kier molecular flexibility index (Phi) is 4.31. The van der Waals surface area contributed by atoms with Gasteiger partial charge in [0.15, 0.2) is 0 Å². The van der Waals surface area contributed by atoms with E-state index < -0.39 is 0 Å². The van der Waals surface area contributed by atoms with E-state index in [-0.39, 0.29) is 11.6 Å². The lowest BCUT2D eigenvalue weighted by Gasteiger charge is -2.20. The molecule has 104 valence electrons. The number of ether oxygens (including phenoxy) is 2. The molecule has 0 unspecified atom stereocenters. The van der Waals surface area contributed by atoms with Crippen LogP contribution >= 0.6 is 0 Å². The number of hydrogen-bond acceptors (Lipinski definition) is 3. The van der Waals surface area contributed by atoms with Gasteiger partial charge in [0.2, 0.25) is 0 Å². The Balaban J connectivity index is 1.63. The van der Waals surface area contributed by atoms with E-state index in [2.05, 4.69) is 0 Å². The standard InChI is InChI=1S/C15H26O3/c1-15(2,3)18-13(16)10-9-12-14(17-12)11-7-5-4-6-8-11/h11-12,14H,4-10H2,1-3H3/t12-,14+/m0/s1. The quantitative estimate of drug-likeness (QED) is 0.569. The molecule has 3 nitrogen and oxygen atoms in total. The first-order chi connectivity index (χ1) is 8.46. The molecular weight excluding hydrogens is 228 g/mol. The van der Waals surface area contributed by atoms with Gasteiger partial charge in [0.05, 0.1) is 12.2 Å². The number of hydrogen-bond donors (Lipinski definition) is 0. The molecule has 2 atom stereocenters. The monoisotopic (exact) mass is 254 g/mol. The molecule has 0 aromatic rings. The van der Waals surface area contributed by atoms with Gasteiger partial charge < -0.3 is 9.47 Å². The van der Waals surface area contributed by atoms with Crippen molar-refractivity contribution in [3.63, 3.8) is 0 Å². The van der Waals surface area contributed by atoms with Gasteiger partial charge in [-0.15, -0.1) is 0 Å². The molecule has 2 fully saturated rings. The Morgan fingerprint density at radius 2 is 1.89 bits per heavy atom. The number of epoxide rings is 1. The SMILES string of the molecule is CC(C)(C)OC(=O)CC[C@@H]1O[C@@H]1C1CCCCC1. The summed E-state index contributed by atoms with van der Waals surface area (Å²) >= 11 is 0. The molecule has 2 rings (SSSR count). The van der Waals surface area contributed by atoms with Gasteiger partial charge in [-0.25, -0.2) is 0 Å². The molecule has 1 heterocycles. The van der Waals surface area contributed by atoms with Crippen molar-refractivity contribution in [2.45, 2.75) is 83.5 Å². The second-order valence-electron chi connectivity index (χ2n) is 6.66. The maximum atomic E-state index is 11.6. The zero-order valence-electron chi connectivity index (χ0n) is 11.9. The first kappa shape index (κ1) is 13.9. The third-order valence-electron chi connectivity index (χ3n) is 3.79. The van der Waals surface area contributed by atoms with Crippen LogP contribution in [0, 0.1) is 5.92 Å². The first-order valence-electron chi connectivity index (χ1n) is 7.33. The maximum absolute atomic E-state index is 11.6. The lowest BCUT2D eigenvalue weighted by Crippen LogP contribution is -2.24. The Bertz CT molecular complexity index is 287. The predicted octanol–water partition coefficient (Wildman–Crippen LogP) is 3.46. The van der Waals surface area contributed by atoms with Crippen molar-refractivity contribution in [1.82, 2.24) is 0 Å². The zero-order chi connectivity index (χ0) is 13.2. The highest BCUT2D eigenvalue weighted by atomic mass is 16.6. The smallest absolute Gasteiger partial charge is 0.306 e. The highest BCUT2D eigenvalue weighted by molar-refractivity contribution is 5.69. The molecule has 0 aromatic carbocycles. The van der Waals surface area contributed by atoms with Gasteiger partial charge in [-0.1, -0.05) is 19.3 Å². The highest BCUT2D eigenvalue weighted by Crippen LogP contribution is 2.40. The number of carbonyl (C=O) groups is 1. The highest BCUT2D eigenvalue weighted by Gasteiger charge is 2.44. The molecular formula is C15H26O3. The van der Waals surface area contributed by atoms with E-state index in [1.807, 2.05) is 20.8 Å². The summed E-state index contributed by atoms with van der Waals surface area (Å²) in [6.45, 7) is 5.72. The molecule has 1 saturated carbocycles. The van der Waals surface area contributed by atoms with Gasteiger partial charge >= 0.3 is 5.97 Å². The summed E-state index contributed by atoms with van der Waals surface area (Å²) in [7, 11) is 0. The van der Waals surface area contributed by atoms with E-state index in [0.29, 0.717) is 18.6 Å². The lowest BCUT2D eigenvalue weighted by molar-refractivity contribution is -0.155. The van der Waals surface area contributed by atoms with E-state index in [0.717, 1.165) is 12.3 Å². The van der Waals surface area contributed by atoms with Gasteiger partial charge in [0.1, 0.15) is 5.60 Å². The summed E-state index contributed by atoms with van der Waals surface area (Å²) in [6.07, 6.45) is 8.79. The second kappa shape index (κ2) is 5.60. The minimum atomic E-state index is -0.371. The predicted molar refractivity (Wildman–Crippen MR) is 70.3 cm³/mol. The Morgan fingerprint density at radius 1 is 1.22 bits per heavy atom. The topological polar surface area (TPSA) is 38.8 Å². The molecule has 1 aliphatic heterocycles. The number of esters is 1. The van der Waals surface area contributed by atoms with Crippen molar-refractivity contribution in [2.75, 3.05) is 0 Å². The fraction of sp³-hybridized carbons (Fsp3) is 0.933. The third-order valence-corrected chi connectivity index (χ3v) is 3.79. The summed E-state index contributed by atoms with van der Waals surface area (Å²) < 4.78 is 11.0. The average molecular weight is 254 g/mol. The van der Waals surface area contributed by atoms with E-state index in [9.17, 15) is 4.79 Å². The molecule has 3 heteroatoms. The summed E-state index contributed by atoms with van der Waals surface area (Å²) in [4.78, 5) is 11.6. The van der Waals surface area contributed by atoms with Crippen molar-refractivity contribution in [1.29, 1.82) is 0 Å². The molecule has 0 radical (unpaired) electrons. The van der Waals surface area contributed by atoms with Gasteiger partial charge in [-0.3, -0.25) is 4.79 Å². The Hall–Kier alpha value is -0.570. The van der Waals surface area contributed by atoms with E-state index in [4.69, 9.17) is 9.47 Å². The van der Waals surface area contributed by atoms with Crippen molar-refractivity contribution < 1.29 is 14.3 Å². The van der Waals surface area contributed by atoms with Crippen LogP contribution in [0.25, 0.3) is 0 Å². The largest absolute Gasteiger partial charge is 0.460 e. The lowest BCUT2D eigenvalue weighted by atomic mass is 9.85. The molecule has 1 aliphatic carbocycles.